The van der Waals surface area contributed by atoms with Gasteiger partial charge < -0.3 is 10.1 Å². The fourth-order valence-corrected chi connectivity index (χ4v) is 2.39. The maximum absolute atomic E-state index is 12.3. The lowest BCUT2D eigenvalue weighted by molar-refractivity contribution is 0.102. The van der Waals surface area contributed by atoms with Crippen LogP contribution in [0.1, 0.15) is 10.4 Å². The molecule has 0 saturated heterocycles. The van der Waals surface area contributed by atoms with Crippen molar-refractivity contribution in [1.29, 1.82) is 0 Å². The average Bonchev–Trinajstić information content (AvgIpc) is 3.09. The highest BCUT2D eigenvalue weighted by Crippen LogP contribution is 2.27. The quantitative estimate of drug-likeness (QED) is 0.793. The van der Waals surface area contributed by atoms with Gasteiger partial charge in [0.15, 0.2) is 0 Å². The Kier molecular flexibility index (Phi) is 4.30. The lowest BCUT2D eigenvalue weighted by Crippen LogP contribution is -2.12. The Morgan fingerprint density at radius 3 is 2.61 bits per heavy atom. The normalized spacial score (nSPS) is 10.3. The van der Waals surface area contributed by atoms with Crippen LogP contribution in [0.4, 0.5) is 5.69 Å². The number of nitrogens with zero attached hydrogens (tertiary/aromatic N) is 2. The number of aromatic nitrogens is 2. The van der Waals surface area contributed by atoms with Crippen molar-refractivity contribution >= 4 is 23.2 Å². The Morgan fingerprint density at radius 2 is 2.00 bits per heavy atom. The van der Waals surface area contributed by atoms with E-state index >= 15 is 0 Å². The van der Waals surface area contributed by atoms with Crippen molar-refractivity contribution in [2.24, 2.45) is 0 Å². The van der Waals surface area contributed by atoms with Gasteiger partial charge in [-0.1, -0.05) is 11.6 Å². The highest BCUT2D eigenvalue weighted by Gasteiger charge is 2.08. The Bertz CT molecular complexity index is 814. The molecule has 0 aliphatic rings. The molecule has 0 bridgehead atoms. The molecule has 0 fully saturated rings. The molecule has 0 atom stereocenters. The Hall–Kier alpha value is -2.79. The van der Waals surface area contributed by atoms with E-state index in [-0.39, 0.29) is 5.91 Å². The summed E-state index contributed by atoms with van der Waals surface area (Å²) in [6.07, 6.45) is 3.54. The molecule has 0 spiro atoms. The summed E-state index contributed by atoms with van der Waals surface area (Å²) in [5.74, 6) is 0.353. The highest BCUT2D eigenvalue weighted by atomic mass is 35.5. The molecule has 0 aliphatic carbocycles. The van der Waals surface area contributed by atoms with Gasteiger partial charge >= 0.3 is 0 Å². The molecule has 0 aliphatic heterocycles. The summed E-state index contributed by atoms with van der Waals surface area (Å²) in [4.78, 5) is 12.3. The molecule has 1 aromatic heterocycles. The molecule has 1 N–H and O–H groups in total. The van der Waals surface area contributed by atoms with Gasteiger partial charge in [0.05, 0.1) is 17.8 Å². The van der Waals surface area contributed by atoms with Gasteiger partial charge in [-0.2, -0.15) is 5.10 Å². The van der Waals surface area contributed by atoms with Gasteiger partial charge in [-0.25, -0.2) is 4.68 Å². The van der Waals surface area contributed by atoms with Crippen molar-refractivity contribution in [3.05, 3.63) is 71.5 Å². The summed E-state index contributed by atoms with van der Waals surface area (Å²) in [5, 5.41) is 7.39. The maximum Gasteiger partial charge on any atom is 0.255 e. The first-order valence-electron chi connectivity index (χ1n) is 6.92. The highest BCUT2D eigenvalue weighted by molar-refractivity contribution is 6.32. The van der Waals surface area contributed by atoms with E-state index in [0.717, 1.165) is 5.69 Å². The standard InChI is InChI=1S/C17H14ClN3O2/c1-23-16-8-5-13(11-15(16)18)20-17(22)12-3-6-14(7-4-12)21-10-2-9-19-21/h2-11H,1H3,(H,20,22). The van der Waals surface area contributed by atoms with Crippen molar-refractivity contribution in [2.45, 2.75) is 0 Å². The number of amides is 1. The fraction of sp³-hybridized carbons (Fsp3) is 0.0588. The molecule has 5 nitrogen and oxygen atoms in total. The van der Waals surface area contributed by atoms with Gasteiger partial charge in [0, 0.05) is 23.6 Å². The Balaban J connectivity index is 1.74. The minimum Gasteiger partial charge on any atom is -0.495 e. The second kappa shape index (κ2) is 6.54. The minimum atomic E-state index is -0.210. The minimum absolute atomic E-state index is 0.210. The summed E-state index contributed by atoms with van der Waals surface area (Å²) < 4.78 is 6.81. The lowest BCUT2D eigenvalue weighted by atomic mass is 10.2. The van der Waals surface area contributed by atoms with Crippen molar-refractivity contribution in [3.63, 3.8) is 0 Å². The molecule has 0 radical (unpaired) electrons. The SMILES string of the molecule is COc1ccc(NC(=O)c2ccc(-n3cccn3)cc2)cc1Cl. The number of nitrogens with one attached hydrogen (secondary N) is 1. The van der Waals surface area contributed by atoms with E-state index in [0.29, 0.717) is 22.0 Å². The number of carbonyl (C=O) groups is 1. The summed E-state index contributed by atoms with van der Waals surface area (Å²) >= 11 is 6.05. The van der Waals surface area contributed by atoms with Crippen molar-refractivity contribution in [1.82, 2.24) is 9.78 Å². The molecule has 1 heterocycles. The number of rotatable bonds is 4. The molecule has 3 aromatic rings. The van der Waals surface area contributed by atoms with Crippen LogP contribution in [-0.4, -0.2) is 22.8 Å². The molecule has 1 amide bonds. The van der Waals surface area contributed by atoms with E-state index in [2.05, 4.69) is 10.4 Å². The maximum atomic E-state index is 12.3. The zero-order valence-electron chi connectivity index (χ0n) is 12.4. The smallest absolute Gasteiger partial charge is 0.255 e. The van der Waals surface area contributed by atoms with E-state index in [1.807, 2.05) is 24.4 Å². The van der Waals surface area contributed by atoms with Gasteiger partial charge in [0.2, 0.25) is 0 Å². The largest absolute Gasteiger partial charge is 0.495 e. The third kappa shape index (κ3) is 3.35. The van der Waals surface area contributed by atoms with Crippen LogP contribution in [0.3, 0.4) is 0 Å². The Morgan fingerprint density at radius 1 is 1.22 bits per heavy atom. The van der Waals surface area contributed by atoms with E-state index < -0.39 is 0 Å². The van der Waals surface area contributed by atoms with Gasteiger partial charge in [-0.3, -0.25) is 4.79 Å². The number of hydrogen-bond donors (Lipinski definition) is 1. The van der Waals surface area contributed by atoms with Crippen LogP contribution < -0.4 is 10.1 Å². The van der Waals surface area contributed by atoms with E-state index in [9.17, 15) is 4.79 Å². The molecule has 2 aromatic carbocycles. The molecule has 23 heavy (non-hydrogen) atoms. The van der Waals surface area contributed by atoms with Gasteiger partial charge in [-0.05, 0) is 48.5 Å². The summed E-state index contributed by atoms with van der Waals surface area (Å²) in [7, 11) is 1.54. The first-order chi connectivity index (χ1) is 11.2. The van der Waals surface area contributed by atoms with Crippen LogP contribution in [0.25, 0.3) is 5.69 Å². The Labute approximate surface area is 138 Å². The average molecular weight is 328 g/mol. The number of halogens is 1. The zero-order chi connectivity index (χ0) is 16.2. The van der Waals surface area contributed by atoms with Gasteiger partial charge in [0.25, 0.3) is 5.91 Å². The number of anilines is 1. The fourth-order valence-electron chi connectivity index (χ4n) is 2.13. The number of carbonyl (C=O) groups excluding carboxylic acids is 1. The van der Waals surface area contributed by atoms with Crippen LogP contribution in [0.2, 0.25) is 5.02 Å². The second-order valence-electron chi connectivity index (χ2n) is 4.80. The molecule has 0 unspecified atom stereocenters. The molecule has 3 rings (SSSR count). The first-order valence-corrected chi connectivity index (χ1v) is 7.30. The molecule has 116 valence electrons. The third-order valence-corrected chi connectivity index (χ3v) is 3.60. The molecular weight excluding hydrogens is 314 g/mol. The topological polar surface area (TPSA) is 56.1 Å². The molecule has 0 saturated carbocycles. The predicted octanol–water partition coefficient (Wildman–Crippen LogP) is 3.79. The lowest BCUT2D eigenvalue weighted by Gasteiger charge is -2.08. The molecular formula is C17H14ClN3O2. The van der Waals surface area contributed by atoms with Crippen molar-refractivity contribution in [3.8, 4) is 11.4 Å². The van der Waals surface area contributed by atoms with Crippen molar-refractivity contribution in [2.75, 3.05) is 12.4 Å². The predicted molar refractivity (Wildman–Crippen MR) is 89.5 cm³/mol. The van der Waals surface area contributed by atoms with Crippen molar-refractivity contribution < 1.29 is 9.53 Å². The van der Waals surface area contributed by atoms with E-state index in [1.165, 1.54) is 0 Å². The van der Waals surface area contributed by atoms with Crippen LogP contribution >= 0.6 is 11.6 Å². The van der Waals surface area contributed by atoms with Gasteiger partial charge in [-0.15, -0.1) is 0 Å². The number of benzene rings is 2. The third-order valence-electron chi connectivity index (χ3n) is 3.31. The van der Waals surface area contributed by atoms with E-state index in [4.69, 9.17) is 16.3 Å². The number of hydrogen-bond acceptors (Lipinski definition) is 3. The summed E-state index contributed by atoms with van der Waals surface area (Å²) in [6, 6.07) is 14.1. The second-order valence-corrected chi connectivity index (χ2v) is 5.21. The van der Waals surface area contributed by atoms with E-state index in [1.54, 1.807) is 48.3 Å². The zero-order valence-corrected chi connectivity index (χ0v) is 13.1. The first kappa shape index (κ1) is 15.1. The monoisotopic (exact) mass is 327 g/mol. The van der Waals surface area contributed by atoms with Crippen LogP contribution in [-0.2, 0) is 0 Å². The molecule has 6 heteroatoms. The van der Waals surface area contributed by atoms with Gasteiger partial charge in [0.1, 0.15) is 5.75 Å². The van der Waals surface area contributed by atoms with Crippen LogP contribution in [0.15, 0.2) is 60.9 Å². The summed E-state index contributed by atoms with van der Waals surface area (Å²) in [6.45, 7) is 0. The summed E-state index contributed by atoms with van der Waals surface area (Å²) in [5.41, 5.74) is 2.05. The number of methoxy groups -OCH3 is 1. The number of ether oxygens (including phenoxy) is 1. The van der Waals surface area contributed by atoms with Crippen LogP contribution in [0, 0.1) is 0 Å². The van der Waals surface area contributed by atoms with Crippen LogP contribution in [0.5, 0.6) is 5.75 Å².